The van der Waals surface area contributed by atoms with Crippen LogP contribution in [0.25, 0.3) is 22.3 Å². The molecule has 0 amide bonds. The summed E-state index contributed by atoms with van der Waals surface area (Å²) in [5.41, 5.74) is 10.2. The summed E-state index contributed by atoms with van der Waals surface area (Å²) in [7, 11) is 0. The average molecular weight is 1160 g/mol. The number of carbonyl (C=O) groups is 2. The Bertz CT molecular complexity index is 3560. The summed E-state index contributed by atoms with van der Waals surface area (Å²) in [6, 6.07) is 24.0. The highest BCUT2D eigenvalue weighted by molar-refractivity contribution is 5.96. The molecule has 6 aromatic rings. The monoisotopic (exact) mass is 1160 g/mol. The number of nitrogens with zero attached hydrogens (tertiary/aromatic N) is 2. The van der Waals surface area contributed by atoms with Crippen LogP contribution >= 0.6 is 0 Å². The van der Waals surface area contributed by atoms with Gasteiger partial charge in [0.25, 0.3) is 0 Å². The van der Waals surface area contributed by atoms with Gasteiger partial charge in [-0.3, -0.25) is 9.98 Å². The van der Waals surface area contributed by atoms with Gasteiger partial charge in [0.15, 0.2) is 0 Å². The summed E-state index contributed by atoms with van der Waals surface area (Å²) in [5, 5.41) is 46.1. The number of aromatic carboxylic acids is 2. The second-order valence-electron chi connectivity index (χ2n) is 32.1. The summed E-state index contributed by atoms with van der Waals surface area (Å²) < 4.78 is 13.9. The Kier molecular flexibility index (Phi) is 15.7. The number of ether oxygens (including phenoxy) is 2. The Morgan fingerprint density at radius 1 is 0.430 bits per heavy atom. The Morgan fingerprint density at radius 3 is 1.00 bits per heavy atom. The molecular formula is C76H94N2O8. The van der Waals surface area contributed by atoms with E-state index in [1.807, 2.05) is 24.3 Å². The number of phenolic OH excluding ortho intramolecular Hbond substituents is 2. The summed E-state index contributed by atoms with van der Waals surface area (Å²) in [5.74, 6) is 0.0159. The Hall–Kier alpha value is -7.20. The minimum Gasteiger partial charge on any atom is -0.507 e. The van der Waals surface area contributed by atoms with Crippen LogP contribution in [-0.4, -0.2) is 56.9 Å². The van der Waals surface area contributed by atoms with Crippen molar-refractivity contribution in [1.29, 1.82) is 0 Å². The summed E-state index contributed by atoms with van der Waals surface area (Å²) in [6.45, 7) is 46.8. The number of benzene rings is 6. The number of fused-ring (bicyclic) bond motifs is 4. The van der Waals surface area contributed by atoms with Crippen molar-refractivity contribution in [3.8, 4) is 56.8 Å². The zero-order valence-electron chi connectivity index (χ0n) is 55.4. The highest BCUT2D eigenvalue weighted by Crippen LogP contribution is 2.57. The van der Waals surface area contributed by atoms with Crippen molar-refractivity contribution < 1.29 is 39.5 Å². The third-order valence-electron chi connectivity index (χ3n) is 18.4. The number of carboxylic acids is 2. The fourth-order valence-electron chi connectivity index (χ4n) is 12.5. The number of hydrogen-bond acceptors (Lipinski definition) is 8. The van der Waals surface area contributed by atoms with Gasteiger partial charge in [0, 0.05) is 78.9 Å². The Balaban J connectivity index is 1.15. The molecule has 2 aliphatic heterocycles. The lowest BCUT2D eigenvalue weighted by Crippen LogP contribution is -2.28. The lowest BCUT2D eigenvalue weighted by molar-refractivity contribution is 0.0682. The van der Waals surface area contributed by atoms with E-state index in [0.717, 1.165) is 104 Å². The number of hydrogen-bond donors (Lipinski definition) is 4. The highest BCUT2D eigenvalue weighted by atomic mass is 16.5. The first-order valence-corrected chi connectivity index (χ1v) is 30.8. The number of aliphatic imine (C=N–C) groups is 2. The molecule has 1 aliphatic carbocycles. The Labute approximate surface area is 512 Å². The van der Waals surface area contributed by atoms with E-state index < -0.39 is 33.6 Å². The van der Waals surface area contributed by atoms with Crippen LogP contribution in [0.2, 0.25) is 0 Å². The van der Waals surface area contributed by atoms with Gasteiger partial charge in [-0.05, 0) is 127 Å². The van der Waals surface area contributed by atoms with Gasteiger partial charge in [-0.15, -0.1) is 0 Å². The van der Waals surface area contributed by atoms with Crippen molar-refractivity contribution >= 4 is 24.4 Å². The highest BCUT2D eigenvalue weighted by Gasteiger charge is 2.43. The molecule has 1 fully saturated rings. The topological polar surface area (TPSA) is 158 Å². The molecule has 1 saturated carbocycles. The quantitative estimate of drug-likeness (QED) is 0.110. The zero-order valence-corrected chi connectivity index (χ0v) is 55.4. The lowest BCUT2D eigenvalue weighted by atomic mass is 9.70. The number of carboxylic acid groups (broad SMARTS) is 2. The molecule has 0 aromatic heterocycles. The first-order valence-electron chi connectivity index (χ1n) is 30.8. The van der Waals surface area contributed by atoms with Gasteiger partial charge >= 0.3 is 11.9 Å². The molecule has 0 spiro atoms. The van der Waals surface area contributed by atoms with Gasteiger partial charge in [0.05, 0.1) is 12.1 Å². The van der Waals surface area contributed by atoms with Crippen LogP contribution in [0.5, 0.6) is 34.5 Å². The second kappa shape index (κ2) is 21.3. The predicted octanol–water partition coefficient (Wildman–Crippen LogP) is 19.3. The summed E-state index contributed by atoms with van der Waals surface area (Å²) >= 11 is 0. The van der Waals surface area contributed by atoms with Crippen molar-refractivity contribution in [2.75, 3.05) is 0 Å². The minimum atomic E-state index is -1.05. The third kappa shape index (κ3) is 11.7. The lowest BCUT2D eigenvalue weighted by Gasteiger charge is -2.39. The molecule has 10 nitrogen and oxygen atoms in total. The first-order chi connectivity index (χ1) is 39.4. The molecule has 3 aliphatic rings. The third-order valence-corrected chi connectivity index (χ3v) is 18.4. The summed E-state index contributed by atoms with van der Waals surface area (Å²) in [6.07, 6.45) is 7.04. The zero-order chi connectivity index (χ0) is 63.7. The van der Waals surface area contributed by atoms with Crippen LogP contribution in [-0.2, 0) is 43.3 Å². The maximum absolute atomic E-state index is 13.1. The minimum absolute atomic E-state index is 0.121. The van der Waals surface area contributed by atoms with E-state index in [0.29, 0.717) is 34.1 Å². The van der Waals surface area contributed by atoms with Gasteiger partial charge < -0.3 is 29.9 Å². The number of aromatic hydroxyl groups is 2. The molecule has 86 heavy (non-hydrogen) atoms. The predicted molar refractivity (Wildman–Crippen MR) is 352 cm³/mol. The molecule has 9 rings (SSSR count). The van der Waals surface area contributed by atoms with E-state index in [2.05, 4.69) is 189 Å². The van der Waals surface area contributed by atoms with Gasteiger partial charge in [-0.25, -0.2) is 9.59 Å². The molecule has 2 atom stereocenters. The van der Waals surface area contributed by atoms with E-state index in [9.17, 15) is 30.0 Å². The number of rotatable bonds is 8. The SMILES string of the molecule is CC(C)(C)c1cc(C(=O)O)c2c(c1)C(C)(C)c1cc(C(C)(C)C)cc(-c3cc(C=N[C@H]4CCCC[C@@H]4N=Cc4cc(-c5cc(C(C)(C)C)cc6c5Oc5c(C(=O)O)cc(C(C)(C)C)cc5C6(C)C)cc(C(C)(C)C)c4O)c(O)c(C(C)(C)C)c3)c1O2. The maximum atomic E-state index is 13.1. The fourth-order valence-corrected chi connectivity index (χ4v) is 12.5. The smallest absolute Gasteiger partial charge is 0.339 e. The molecule has 0 bridgehead atoms. The van der Waals surface area contributed by atoms with Crippen LogP contribution in [0.1, 0.15) is 265 Å². The van der Waals surface area contributed by atoms with Crippen LogP contribution in [0, 0.1) is 0 Å². The molecule has 10 heteroatoms. The molecule has 4 N–H and O–H groups in total. The van der Waals surface area contributed by atoms with E-state index in [1.54, 1.807) is 24.6 Å². The largest absolute Gasteiger partial charge is 0.507 e. The van der Waals surface area contributed by atoms with Gasteiger partial charge in [0.1, 0.15) is 45.6 Å². The second-order valence-corrected chi connectivity index (χ2v) is 32.1. The van der Waals surface area contributed by atoms with Crippen molar-refractivity contribution in [2.24, 2.45) is 9.98 Å². The normalized spacial score (nSPS) is 17.8. The van der Waals surface area contributed by atoms with Crippen LogP contribution in [0.4, 0.5) is 0 Å². The van der Waals surface area contributed by atoms with E-state index >= 15 is 0 Å². The molecule has 0 saturated heterocycles. The van der Waals surface area contributed by atoms with Crippen molar-refractivity contribution in [2.45, 2.75) is 233 Å². The molecule has 2 heterocycles. The molecule has 456 valence electrons. The van der Waals surface area contributed by atoms with Crippen molar-refractivity contribution in [1.82, 2.24) is 0 Å². The first kappa shape index (κ1) is 63.3. The van der Waals surface area contributed by atoms with E-state index in [4.69, 9.17) is 19.5 Å². The van der Waals surface area contributed by atoms with Gasteiger partial charge in [0.2, 0.25) is 0 Å². The van der Waals surface area contributed by atoms with Crippen molar-refractivity contribution in [3.05, 3.63) is 151 Å². The van der Waals surface area contributed by atoms with Crippen molar-refractivity contribution in [3.63, 3.8) is 0 Å². The van der Waals surface area contributed by atoms with Crippen LogP contribution in [0.15, 0.2) is 82.8 Å². The standard InChI is InChI=1S/C76H94N2O8/c1-69(2,3)45-31-49(63-55(35-45)75(19,20)57-37-47(71(7,8)9)33-51(67(81)82)65(57)85-63)41-27-43(61(79)53(29-41)73(13,14)15)39-77-59-25-23-24-26-60(59)78-40-44-28-42(30-54(62(44)80)74(16,17)18)50-32-46(70(4,5)6)36-56-64(50)86-66-52(68(83)84)34-48(72(10,11)12)38-58(66)76(56,21)22/h27-40,59-60,79-80H,23-26H2,1-22H3,(H,81,82)(H,83,84)/t59-,60-/m0/s1. The van der Waals surface area contributed by atoms with Gasteiger partial charge in [-0.2, -0.15) is 0 Å². The van der Waals surface area contributed by atoms with E-state index in [-0.39, 0.29) is 56.4 Å². The molecule has 0 radical (unpaired) electrons. The van der Waals surface area contributed by atoms with E-state index in [1.165, 1.54) is 0 Å². The number of phenols is 2. The Morgan fingerprint density at radius 2 is 0.721 bits per heavy atom. The summed E-state index contributed by atoms with van der Waals surface area (Å²) in [4.78, 5) is 36.9. The molecule has 6 aromatic carbocycles. The molecular weight excluding hydrogens is 1070 g/mol. The fraction of sp³-hybridized carbons (Fsp3) is 0.474. The van der Waals surface area contributed by atoms with Gasteiger partial charge in [-0.1, -0.05) is 189 Å². The maximum Gasteiger partial charge on any atom is 0.339 e. The molecule has 0 unspecified atom stereocenters. The van der Waals surface area contributed by atoms with Crippen LogP contribution in [0.3, 0.4) is 0 Å². The average Bonchev–Trinajstić information content (AvgIpc) is 0.748. The van der Waals surface area contributed by atoms with Crippen LogP contribution < -0.4 is 9.47 Å².